The summed E-state index contributed by atoms with van der Waals surface area (Å²) in [5, 5.41) is 15.2. The van der Waals surface area contributed by atoms with Gasteiger partial charge < -0.3 is 15.3 Å². The van der Waals surface area contributed by atoms with Gasteiger partial charge in [0, 0.05) is 25.1 Å². The standard InChI is InChI=1S/C14H17FN2O3/c1-14(13(19)16-7-4-8-18)9-12(17-20-14)10-5-2-3-6-11(10)15/h2-3,5-6,18H,4,7-9H2,1H3,(H,16,19). The van der Waals surface area contributed by atoms with Crippen LogP contribution in [0.3, 0.4) is 0 Å². The SMILES string of the molecule is CC1(C(=O)NCCCO)CC(c2ccccc2F)=NO1. The van der Waals surface area contributed by atoms with Gasteiger partial charge in [-0.25, -0.2) is 4.39 Å². The molecule has 1 unspecified atom stereocenters. The number of benzene rings is 1. The van der Waals surface area contributed by atoms with Gasteiger partial charge >= 0.3 is 0 Å². The topological polar surface area (TPSA) is 70.9 Å². The van der Waals surface area contributed by atoms with Crippen molar-refractivity contribution in [3.63, 3.8) is 0 Å². The second-order valence-electron chi connectivity index (χ2n) is 4.85. The number of carbonyl (C=O) groups excluding carboxylic acids is 1. The minimum Gasteiger partial charge on any atom is -0.396 e. The third-order valence-corrected chi connectivity index (χ3v) is 3.15. The minimum atomic E-state index is -1.13. The van der Waals surface area contributed by atoms with E-state index in [1.807, 2.05) is 0 Å². The number of oxime groups is 1. The zero-order chi connectivity index (χ0) is 14.6. The van der Waals surface area contributed by atoms with Crippen LogP contribution in [0.4, 0.5) is 4.39 Å². The predicted octanol–water partition coefficient (Wildman–Crippen LogP) is 1.21. The molecule has 2 N–H and O–H groups in total. The summed E-state index contributed by atoms with van der Waals surface area (Å²) in [6.45, 7) is 1.98. The summed E-state index contributed by atoms with van der Waals surface area (Å²) in [6.07, 6.45) is 0.682. The number of aliphatic hydroxyl groups is 1. The molecule has 1 aliphatic heterocycles. The molecule has 2 rings (SSSR count). The molecule has 1 aliphatic rings. The van der Waals surface area contributed by atoms with Crippen molar-refractivity contribution in [3.8, 4) is 0 Å². The molecule has 5 nitrogen and oxygen atoms in total. The number of amides is 1. The zero-order valence-corrected chi connectivity index (χ0v) is 11.2. The average molecular weight is 280 g/mol. The number of nitrogens with zero attached hydrogens (tertiary/aromatic N) is 1. The van der Waals surface area contributed by atoms with Gasteiger partial charge in [0.15, 0.2) is 0 Å². The van der Waals surface area contributed by atoms with Gasteiger partial charge in [-0.1, -0.05) is 23.4 Å². The Morgan fingerprint density at radius 3 is 3.00 bits per heavy atom. The molecule has 6 heteroatoms. The van der Waals surface area contributed by atoms with Crippen molar-refractivity contribution in [1.29, 1.82) is 0 Å². The Balaban J connectivity index is 2.03. The smallest absolute Gasteiger partial charge is 0.267 e. The summed E-state index contributed by atoms with van der Waals surface area (Å²) >= 11 is 0. The van der Waals surface area contributed by atoms with Crippen LogP contribution in [-0.4, -0.2) is 35.5 Å². The van der Waals surface area contributed by atoms with Crippen LogP contribution in [0, 0.1) is 5.82 Å². The molecule has 108 valence electrons. The first-order chi connectivity index (χ1) is 9.57. The quantitative estimate of drug-likeness (QED) is 0.796. The first kappa shape index (κ1) is 14.5. The van der Waals surface area contributed by atoms with E-state index in [-0.39, 0.29) is 24.8 Å². The van der Waals surface area contributed by atoms with E-state index in [4.69, 9.17) is 9.94 Å². The molecular weight excluding hydrogens is 263 g/mol. The van der Waals surface area contributed by atoms with Gasteiger partial charge in [-0.05, 0) is 19.4 Å². The van der Waals surface area contributed by atoms with Gasteiger partial charge in [-0.2, -0.15) is 0 Å². The van der Waals surface area contributed by atoms with E-state index in [1.165, 1.54) is 6.07 Å². The van der Waals surface area contributed by atoms with Crippen LogP contribution in [0.5, 0.6) is 0 Å². The monoisotopic (exact) mass is 280 g/mol. The number of carbonyl (C=O) groups is 1. The molecule has 0 saturated heterocycles. The lowest BCUT2D eigenvalue weighted by Crippen LogP contribution is -2.45. The predicted molar refractivity (Wildman–Crippen MR) is 71.8 cm³/mol. The van der Waals surface area contributed by atoms with Gasteiger partial charge in [0.2, 0.25) is 5.60 Å². The van der Waals surface area contributed by atoms with Crippen molar-refractivity contribution in [2.24, 2.45) is 5.16 Å². The third kappa shape index (κ3) is 2.96. The molecule has 0 aliphatic carbocycles. The third-order valence-electron chi connectivity index (χ3n) is 3.15. The Bertz CT molecular complexity index is 533. The van der Waals surface area contributed by atoms with Crippen LogP contribution in [0.2, 0.25) is 0 Å². The van der Waals surface area contributed by atoms with E-state index in [0.717, 1.165) is 0 Å². The fourth-order valence-corrected chi connectivity index (χ4v) is 1.97. The van der Waals surface area contributed by atoms with Crippen LogP contribution in [0.15, 0.2) is 29.4 Å². The maximum absolute atomic E-state index is 13.7. The van der Waals surface area contributed by atoms with Crippen LogP contribution < -0.4 is 5.32 Å². The van der Waals surface area contributed by atoms with Crippen molar-refractivity contribution in [2.45, 2.75) is 25.4 Å². The number of nitrogens with one attached hydrogen (secondary N) is 1. The van der Waals surface area contributed by atoms with E-state index >= 15 is 0 Å². The Morgan fingerprint density at radius 2 is 2.30 bits per heavy atom. The molecule has 1 amide bonds. The lowest BCUT2D eigenvalue weighted by Gasteiger charge is -2.20. The summed E-state index contributed by atoms with van der Waals surface area (Å²) in [6, 6.07) is 6.25. The summed E-state index contributed by atoms with van der Waals surface area (Å²) in [5.74, 6) is -0.708. The first-order valence-electron chi connectivity index (χ1n) is 6.46. The van der Waals surface area contributed by atoms with Gasteiger partial charge in [-0.3, -0.25) is 4.79 Å². The molecule has 20 heavy (non-hydrogen) atoms. The second-order valence-corrected chi connectivity index (χ2v) is 4.85. The fourth-order valence-electron chi connectivity index (χ4n) is 1.97. The van der Waals surface area contributed by atoms with Gasteiger partial charge in [-0.15, -0.1) is 0 Å². The highest BCUT2D eigenvalue weighted by molar-refractivity contribution is 6.05. The lowest BCUT2D eigenvalue weighted by atomic mass is 9.95. The normalized spacial score (nSPS) is 21.2. The zero-order valence-electron chi connectivity index (χ0n) is 11.2. The van der Waals surface area contributed by atoms with Crippen molar-refractivity contribution in [3.05, 3.63) is 35.6 Å². The molecule has 0 bridgehead atoms. The molecular formula is C14H17FN2O3. The number of aliphatic hydroxyl groups excluding tert-OH is 1. The van der Waals surface area contributed by atoms with E-state index in [9.17, 15) is 9.18 Å². The van der Waals surface area contributed by atoms with Crippen LogP contribution in [0.25, 0.3) is 0 Å². The van der Waals surface area contributed by atoms with Crippen molar-refractivity contribution >= 4 is 11.6 Å². The number of hydrogen-bond donors (Lipinski definition) is 2. The summed E-state index contributed by atoms with van der Waals surface area (Å²) in [7, 11) is 0. The molecule has 1 aromatic rings. The fraction of sp³-hybridized carbons (Fsp3) is 0.429. The Morgan fingerprint density at radius 1 is 1.55 bits per heavy atom. The lowest BCUT2D eigenvalue weighted by molar-refractivity contribution is -0.141. The first-order valence-corrected chi connectivity index (χ1v) is 6.46. The molecule has 0 fully saturated rings. The Labute approximate surface area is 116 Å². The van der Waals surface area contributed by atoms with E-state index in [0.29, 0.717) is 24.2 Å². The molecule has 0 spiro atoms. The highest BCUT2D eigenvalue weighted by Gasteiger charge is 2.42. The number of halogens is 1. The van der Waals surface area contributed by atoms with Crippen LogP contribution >= 0.6 is 0 Å². The van der Waals surface area contributed by atoms with Crippen molar-refractivity contribution in [1.82, 2.24) is 5.32 Å². The maximum Gasteiger partial charge on any atom is 0.267 e. The van der Waals surface area contributed by atoms with Gasteiger partial charge in [0.1, 0.15) is 5.82 Å². The van der Waals surface area contributed by atoms with E-state index in [1.54, 1.807) is 25.1 Å². The highest BCUT2D eigenvalue weighted by Crippen LogP contribution is 2.27. The number of hydrogen-bond acceptors (Lipinski definition) is 4. The molecule has 1 atom stereocenters. The molecule has 1 aromatic carbocycles. The van der Waals surface area contributed by atoms with Crippen LogP contribution in [0.1, 0.15) is 25.3 Å². The largest absolute Gasteiger partial charge is 0.396 e. The molecule has 0 radical (unpaired) electrons. The Hall–Kier alpha value is -1.95. The summed E-state index contributed by atoms with van der Waals surface area (Å²) in [4.78, 5) is 17.2. The average Bonchev–Trinajstić information content (AvgIpc) is 2.83. The van der Waals surface area contributed by atoms with Gasteiger partial charge in [0.05, 0.1) is 5.71 Å². The Kier molecular flexibility index (Phi) is 4.34. The number of rotatable bonds is 5. The minimum absolute atomic E-state index is 0.00876. The van der Waals surface area contributed by atoms with E-state index in [2.05, 4.69) is 10.5 Å². The molecule has 0 saturated carbocycles. The van der Waals surface area contributed by atoms with Crippen molar-refractivity contribution < 1.29 is 19.1 Å². The van der Waals surface area contributed by atoms with Gasteiger partial charge in [0.25, 0.3) is 5.91 Å². The molecule has 0 aromatic heterocycles. The van der Waals surface area contributed by atoms with E-state index < -0.39 is 5.60 Å². The van der Waals surface area contributed by atoms with Crippen molar-refractivity contribution in [2.75, 3.05) is 13.2 Å². The summed E-state index contributed by atoms with van der Waals surface area (Å²) in [5.41, 5.74) is -0.366. The molecule has 1 heterocycles. The summed E-state index contributed by atoms with van der Waals surface area (Å²) < 4.78 is 13.7. The highest BCUT2D eigenvalue weighted by atomic mass is 19.1. The van der Waals surface area contributed by atoms with Crippen LogP contribution in [-0.2, 0) is 9.63 Å². The second kappa shape index (κ2) is 6.00. The maximum atomic E-state index is 13.7.